The monoisotopic (exact) mass is 362 g/mol. The van der Waals surface area contributed by atoms with Gasteiger partial charge in [-0.1, -0.05) is 18.2 Å². The summed E-state index contributed by atoms with van der Waals surface area (Å²) < 4.78 is 14.2. The summed E-state index contributed by atoms with van der Waals surface area (Å²) in [4.78, 5) is 3.08. The molecule has 2 aromatic heterocycles. The van der Waals surface area contributed by atoms with E-state index in [1.54, 1.807) is 43.3 Å². The standard InChI is InChI=1S/C20H19FN6/c1-13-4-6-16(19(10-13)26-22-8-9-23-26)11-17-12-24-27(25-17)18-7-5-14(2)20(21)15(18)3/h4-10,12H,11H2,1-3H3. The van der Waals surface area contributed by atoms with E-state index in [-0.39, 0.29) is 5.82 Å². The van der Waals surface area contributed by atoms with Crippen molar-refractivity contribution >= 4 is 0 Å². The van der Waals surface area contributed by atoms with Crippen LogP contribution in [-0.4, -0.2) is 30.0 Å². The van der Waals surface area contributed by atoms with Gasteiger partial charge in [-0.15, -0.1) is 0 Å². The number of aromatic nitrogens is 6. The van der Waals surface area contributed by atoms with Crippen LogP contribution in [0.3, 0.4) is 0 Å². The van der Waals surface area contributed by atoms with Crippen molar-refractivity contribution in [3.8, 4) is 11.4 Å². The lowest BCUT2D eigenvalue weighted by Gasteiger charge is -2.09. The molecule has 4 aromatic rings. The summed E-state index contributed by atoms with van der Waals surface area (Å²) >= 11 is 0. The van der Waals surface area contributed by atoms with Gasteiger partial charge in [-0.05, 0) is 49.6 Å². The van der Waals surface area contributed by atoms with Crippen molar-refractivity contribution in [2.45, 2.75) is 27.2 Å². The molecule has 0 atom stereocenters. The van der Waals surface area contributed by atoms with Crippen molar-refractivity contribution in [2.24, 2.45) is 0 Å². The Hall–Kier alpha value is -3.35. The van der Waals surface area contributed by atoms with Gasteiger partial charge >= 0.3 is 0 Å². The van der Waals surface area contributed by atoms with E-state index >= 15 is 0 Å². The third-order valence-electron chi connectivity index (χ3n) is 4.55. The second-order valence-electron chi connectivity index (χ2n) is 6.59. The molecule has 0 N–H and O–H groups in total. The molecule has 136 valence electrons. The van der Waals surface area contributed by atoms with Crippen molar-refractivity contribution in [1.29, 1.82) is 0 Å². The zero-order valence-electron chi connectivity index (χ0n) is 15.4. The third-order valence-corrected chi connectivity index (χ3v) is 4.55. The average molecular weight is 362 g/mol. The van der Waals surface area contributed by atoms with E-state index < -0.39 is 0 Å². The van der Waals surface area contributed by atoms with Gasteiger partial charge < -0.3 is 0 Å². The molecular formula is C20H19FN6. The summed E-state index contributed by atoms with van der Waals surface area (Å²) in [5.41, 5.74) is 5.65. The van der Waals surface area contributed by atoms with Gasteiger partial charge in [0.1, 0.15) is 5.82 Å². The summed E-state index contributed by atoms with van der Waals surface area (Å²) in [6.45, 7) is 5.51. The highest BCUT2D eigenvalue weighted by Crippen LogP contribution is 2.21. The Morgan fingerprint density at radius 3 is 2.44 bits per heavy atom. The molecule has 0 saturated heterocycles. The number of hydrogen-bond acceptors (Lipinski definition) is 4. The Morgan fingerprint density at radius 2 is 1.67 bits per heavy atom. The summed E-state index contributed by atoms with van der Waals surface area (Å²) in [6.07, 6.45) is 5.58. The van der Waals surface area contributed by atoms with Crippen molar-refractivity contribution in [2.75, 3.05) is 0 Å². The molecule has 0 aliphatic rings. The number of rotatable bonds is 4. The molecule has 0 radical (unpaired) electrons. The second kappa shape index (κ2) is 6.75. The van der Waals surface area contributed by atoms with Crippen molar-refractivity contribution in [3.05, 3.63) is 82.7 Å². The van der Waals surface area contributed by atoms with Gasteiger partial charge in [0.05, 0.1) is 35.7 Å². The lowest BCUT2D eigenvalue weighted by Crippen LogP contribution is -2.06. The van der Waals surface area contributed by atoms with E-state index in [4.69, 9.17) is 0 Å². The van der Waals surface area contributed by atoms with Crippen LogP contribution in [0.4, 0.5) is 4.39 Å². The first-order valence-electron chi connectivity index (χ1n) is 8.66. The van der Waals surface area contributed by atoms with E-state index in [0.717, 1.165) is 22.5 Å². The predicted octanol–water partition coefficient (Wildman–Crippen LogP) is 3.50. The molecule has 0 amide bonds. The maximum atomic E-state index is 14.2. The molecule has 6 nitrogen and oxygen atoms in total. The number of benzene rings is 2. The molecule has 0 aliphatic heterocycles. The van der Waals surface area contributed by atoms with Gasteiger partial charge in [-0.3, -0.25) is 0 Å². The first kappa shape index (κ1) is 17.1. The van der Waals surface area contributed by atoms with Crippen LogP contribution in [0.1, 0.15) is 27.9 Å². The Morgan fingerprint density at radius 1 is 0.889 bits per heavy atom. The minimum Gasteiger partial charge on any atom is -0.206 e. The molecule has 0 unspecified atom stereocenters. The Balaban J connectivity index is 1.68. The van der Waals surface area contributed by atoms with E-state index in [2.05, 4.69) is 20.4 Å². The SMILES string of the molecule is Cc1ccc(Cc2cnn(-c3ccc(C)c(F)c3C)n2)c(-n2nccn2)c1. The highest BCUT2D eigenvalue weighted by atomic mass is 19.1. The van der Waals surface area contributed by atoms with Crippen LogP contribution in [0, 0.1) is 26.6 Å². The Kier molecular flexibility index (Phi) is 4.27. The van der Waals surface area contributed by atoms with Gasteiger partial charge in [-0.2, -0.15) is 30.0 Å². The van der Waals surface area contributed by atoms with Gasteiger partial charge in [-0.25, -0.2) is 4.39 Å². The van der Waals surface area contributed by atoms with Crippen LogP contribution in [0.2, 0.25) is 0 Å². The predicted molar refractivity (Wildman–Crippen MR) is 99.7 cm³/mol. The first-order chi connectivity index (χ1) is 13.0. The molecule has 0 saturated carbocycles. The molecule has 4 rings (SSSR count). The molecule has 0 aliphatic carbocycles. The van der Waals surface area contributed by atoms with Crippen LogP contribution in [0.25, 0.3) is 11.4 Å². The summed E-state index contributed by atoms with van der Waals surface area (Å²) in [5.74, 6) is -0.225. The maximum Gasteiger partial charge on any atom is 0.131 e. The lowest BCUT2D eigenvalue weighted by atomic mass is 10.1. The van der Waals surface area contributed by atoms with E-state index in [1.807, 2.05) is 31.2 Å². The maximum absolute atomic E-state index is 14.2. The molecule has 2 heterocycles. The highest BCUT2D eigenvalue weighted by molar-refractivity contribution is 5.45. The van der Waals surface area contributed by atoms with Crippen LogP contribution >= 0.6 is 0 Å². The summed E-state index contributed by atoms with van der Waals surface area (Å²) in [7, 11) is 0. The zero-order chi connectivity index (χ0) is 19.0. The third kappa shape index (κ3) is 3.23. The Labute approximate surface area is 156 Å². The molecular weight excluding hydrogens is 343 g/mol. The average Bonchev–Trinajstić information content (AvgIpc) is 3.33. The molecule has 7 heteroatoms. The fourth-order valence-corrected chi connectivity index (χ4v) is 3.06. The van der Waals surface area contributed by atoms with Crippen molar-refractivity contribution < 1.29 is 4.39 Å². The fourth-order valence-electron chi connectivity index (χ4n) is 3.06. The Bertz CT molecular complexity index is 1100. The van der Waals surface area contributed by atoms with E-state index in [9.17, 15) is 4.39 Å². The van der Waals surface area contributed by atoms with E-state index in [0.29, 0.717) is 23.2 Å². The normalized spacial score (nSPS) is 11.1. The number of aryl methyl sites for hydroxylation is 2. The largest absolute Gasteiger partial charge is 0.206 e. The summed E-state index contributed by atoms with van der Waals surface area (Å²) in [6, 6.07) is 9.71. The molecule has 0 fully saturated rings. The van der Waals surface area contributed by atoms with Crippen molar-refractivity contribution in [1.82, 2.24) is 30.0 Å². The van der Waals surface area contributed by atoms with Crippen LogP contribution in [-0.2, 0) is 6.42 Å². The number of halogens is 1. The van der Waals surface area contributed by atoms with Gasteiger partial charge in [0, 0.05) is 12.0 Å². The molecule has 0 bridgehead atoms. The minimum absolute atomic E-state index is 0.225. The van der Waals surface area contributed by atoms with Gasteiger partial charge in [0.15, 0.2) is 0 Å². The van der Waals surface area contributed by atoms with Crippen molar-refractivity contribution in [3.63, 3.8) is 0 Å². The summed E-state index contributed by atoms with van der Waals surface area (Å²) in [5, 5.41) is 17.3. The molecule has 0 spiro atoms. The highest BCUT2D eigenvalue weighted by Gasteiger charge is 2.13. The van der Waals surface area contributed by atoms with E-state index in [1.165, 1.54) is 4.80 Å². The van der Waals surface area contributed by atoms with Crippen LogP contribution in [0.5, 0.6) is 0 Å². The zero-order valence-corrected chi connectivity index (χ0v) is 15.4. The van der Waals surface area contributed by atoms with Gasteiger partial charge in [0.2, 0.25) is 0 Å². The first-order valence-corrected chi connectivity index (χ1v) is 8.66. The topological polar surface area (TPSA) is 61.4 Å². The number of hydrogen-bond donors (Lipinski definition) is 0. The van der Waals surface area contributed by atoms with Gasteiger partial charge in [0.25, 0.3) is 0 Å². The second-order valence-corrected chi connectivity index (χ2v) is 6.59. The van der Waals surface area contributed by atoms with Crippen LogP contribution < -0.4 is 0 Å². The lowest BCUT2D eigenvalue weighted by molar-refractivity contribution is 0.602. The minimum atomic E-state index is -0.225. The molecule has 27 heavy (non-hydrogen) atoms. The quantitative estimate of drug-likeness (QED) is 0.557. The fraction of sp³-hybridized carbons (Fsp3) is 0.200. The van der Waals surface area contributed by atoms with Crippen LogP contribution in [0.15, 0.2) is 48.9 Å². The molecule has 2 aromatic carbocycles. The smallest absolute Gasteiger partial charge is 0.131 e. The number of nitrogens with zero attached hydrogens (tertiary/aromatic N) is 6.